The Morgan fingerprint density at radius 3 is 1.52 bits per heavy atom. The van der Waals surface area contributed by atoms with E-state index >= 15 is 0 Å². The van der Waals surface area contributed by atoms with Crippen molar-refractivity contribution in [3.05, 3.63) is 0 Å². The largest absolute Gasteiger partial charge is 0.464 e. The third-order valence-corrected chi connectivity index (χ3v) is 4.17. The van der Waals surface area contributed by atoms with Crippen LogP contribution in [0.1, 0.15) is 104 Å². The highest BCUT2D eigenvalue weighted by atomic mass is 16.6. The summed E-state index contributed by atoms with van der Waals surface area (Å²) in [5, 5.41) is 0. The summed E-state index contributed by atoms with van der Waals surface area (Å²) in [6.45, 7) is 5.30. The summed E-state index contributed by atoms with van der Waals surface area (Å²) in [5.41, 5.74) is 0. The predicted molar refractivity (Wildman–Crippen MR) is 97.8 cm³/mol. The molecule has 0 aromatic rings. The lowest BCUT2D eigenvalue weighted by molar-refractivity contribution is -0.148. The Hall–Kier alpha value is -0.570. The monoisotopic (exact) mass is 328 g/mol. The van der Waals surface area contributed by atoms with Crippen LogP contribution in [0.15, 0.2) is 0 Å². The molecule has 0 heterocycles. The zero-order chi connectivity index (χ0) is 17.0. The van der Waals surface area contributed by atoms with Crippen LogP contribution in [0.25, 0.3) is 0 Å². The summed E-state index contributed by atoms with van der Waals surface area (Å²) in [7, 11) is 0. The zero-order valence-corrected chi connectivity index (χ0v) is 15.7. The van der Waals surface area contributed by atoms with Crippen molar-refractivity contribution in [2.75, 3.05) is 19.8 Å². The fraction of sp³-hybridized carbons (Fsp3) is 0.950. The minimum atomic E-state index is -0.252. The van der Waals surface area contributed by atoms with Gasteiger partial charge in [0.1, 0.15) is 6.61 Å². The van der Waals surface area contributed by atoms with Crippen LogP contribution in [0, 0.1) is 0 Å². The summed E-state index contributed by atoms with van der Waals surface area (Å²) in [6, 6.07) is 0. The number of hydrogen-bond donors (Lipinski definition) is 0. The Bertz CT molecular complexity index is 241. The van der Waals surface area contributed by atoms with Crippen molar-refractivity contribution in [2.24, 2.45) is 0 Å². The van der Waals surface area contributed by atoms with Gasteiger partial charge < -0.3 is 9.47 Å². The second-order valence-electron chi connectivity index (χ2n) is 6.45. The van der Waals surface area contributed by atoms with Crippen molar-refractivity contribution in [3.8, 4) is 0 Å². The van der Waals surface area contributed by atoms with Crippen molar-refractivity contribution in [2.45, 2.75) is 104 Å². The third kappa shape index (κ3) is 19.4. The first-order valence-corrected chi connectivity index (χ1v) is 10.0. The van der Waals surface area contributed by atoms with E-state index < -0.39 is 0 Å². The second-order valence-corrected chi connectivity index (χ2v) is 6.45. The summed E-state index contributed by atoms with van der Waals surface area (Å²) in [4.78, 5) is 11.0. The quantitative estimate of drug-likeness (QED) is 0.227. The van der Waals surface area contributed by atoms with Crippen molar-refractivity contribution in [3.63, 3.8) is 0 Å². The molecule has 0 aliphatic carbocycles. The molecular formula is C20H40O3. The topological polar surface area (TPSA) is 35.5 Å². The van der Waals surface area contributed by atoms with Gasteiger partial charge in [-0.25, -0.2) is 4.79 Å². The van der Waals surface area contributed by atoms with Gasteiger partial charge in [-0.2, -0.15) is 0 Å². The Morgan fingerprint density at radius 1 is 0.652 bits per heavy atom. The number of esters is 1. The maximum atomic E-state index is 11.0. The van der Waals surface area contributed by atoms with Crippen molar-refractivity contribution in [1.29, 1.82) is 0 Å². The Labute approximate surface area is 144 Å². The average Bonchev–Trinajstić information content (AvgIpc) is 2.54. The smallest absolute Gasteiger partial charge is 0.332 e. The van der Waals surface area contributed by atoms with Gasteiger partial charge in [0.15, 0.2) is 0 Å². The van der Waals surface area contributed by atoms with Gasteiger partial charge in [-0.1, -0.05) is 90.4 Å². The highest BCUT2D eigenvalue weighted by molar-refractivity contribution is 5.70. The standard InChI is InChI=1S/C20H40O3/c1-3-5-6-7-8-9-10-11-12-13-14-15-16-17-18-22-19-20(21)23-4-2/h3-19H2,1-2H3. The average molecular weight is 329 g/mol. The molecule has 23 heavy (non-hydrogen) atoms. The molecule has 0 saturated carbocycles. The van der Waals surface area contributed by atoms with Crippen molar-refractivity contribution < 1.29 is 14.3 Å². The van der Waals surface area contributed by atoms with Gasteiger partial charge in [-0.15, -0.1) is 0 Å². The Kier molecular flexibility index (Phi) is 19.0. The van der Waals surface area contributed by atoms with E-state index in [1.807, 2.05) is 6.92 Å². The van der Waals surface area contributed by atoms with Crippen LogP contribution in [0.5, 0.6) is 0 Å². The lowest BCUT2D eigenvalue weighted by atomic mass is 10.0. The molecular weight excluding hydrogens is 288 g/mol. The van der Waals surface area contributed by atoms with Crippen LogP contribution in [-0.2, 0) is 14.3 Å². The number of carbonyl (C=O) groups excluding carboxylic acids is 1. The SMILES string of the molecule is CCCCCCCCCCCCCCCCOCC(=O)OCC. The highest BCUT2D eigenvalue weighted by Crippen LogP contribution is 2.12. The van der Waals surface area contributed by atoms with Crippen LogP contribution in [-0.4, -0.2) is 25.8 Å². The number of rotatable bonds is 18. The van der Waals surface area contributed by atoms with E-state index in [1.54, 1.807) is 0 Å². The maximum absolute atomic E-state index is 11.0. The molecule has 0 bridgehead atoms. The maximum Gasteiger partial charge on any atom is 0.332 e. The number of carbonyl (C=O) groups is 1. The zero-order valence-electron chi connectivity index (χ0n) is 15.7. The van der Waals surface area contributed by atoms with Gasteiger partial charge in [0.2, 0.25) is 0 Å². The number of hydrogen-bond acceptors (Lipinski definition) is 3. The normalized spacial score (nSPS) is 10.9. The molecule has 0 aromatic carbocycles. The highest BCUT2D eigenvalue weighted by Gasteiger charge is 2.00. The van der Waals surface area contributed by atoms with Crippen molar-refractivity contribution in [1.82, 2.24) is 0 Å². The van der Waals surface area contributed by atoms with Gasteiger partial charge in [0.25, 0.3) is 0 Å². The lowest BCUT2D eigenvalue weighted by Gasteiger charge is -2.04. The van der Waals surface area contributed by atoms with Crippen LogP contribution >= 0.6 is 0 Å². The van der Waals surface area contributed by atoms with Gasteiger partial charge >= 0.3 is 5.97 Å². The molecule has 138 valence electrons. The summed E-state index contributed by atoms with van der Waals surface area (Å²) < 4.78 is 10.1. The molecule has 0 spiro atoms. The van der Waals surface area contributed by atoms with E-state index in [0.29, 0.717) is 13.2 Å². The van der Waals surface area contributed by atoms with Gasteiger partial charge in [-0.3, -0.25) is 0 Å². The minimum Gasteiger partial charge on any atom is -0.464 e. The summed E-state index contributed by atoms with van der Waals surface area (Å²) >= 11 is 0. The van der Waals surface area contributed by atoms with Gasteiger partial charge in [0, 0.05) is 6.61 Å². The predicted octanol–water partition coefficient (Wildman–Crippen LogP) is 6.05. The van der Waals surface area contributed by atoms with Crippen LogP contribution in [0.3, 0.4) is 0 Å². The molecule has 0 rings (SSSR count). The van der Waals surface area contributed by atoms with E-state index in [4.69, 9.17) is 9.47 Å². The fourth-order valence-electron chi connectivity index (χ4n) is 2.76. The molecule has 0 aliphatic rings. The molecule has 0 aromatic heterocycles. The van der Waals surface area contributed by atoms with E-state index in [0.717, 1.165) is 6.42 Å². The number of unbranched alkanes of at least 4 members (excludes halogenated alkanes) is 13. The lowest BCUT2D eigenvalue weighted by Crippen LogP contribution is -2.12. The van der Waals surface area contributed by atoms with E-state index in [1.165, 1.54) is 83.5 Å². The van der Waals surface area contributed by atoms with Crippen LogP contribution in [0.4, 0.5) is 0 Å². The molecule has 0 radical (unpaired) electrons. The number of ether oxygens (including phenoxy) is 2. The summed E-state index contributed by atoms with van der Waals surface area (Å²) in [5.74, 6) is -0.252. The van der Waals surface area contributed by atoms with Crippen LogP contribution < -0.4 is 0 Å². The van der Waals surface area contributed by atoms with Gasteiger partial charge in [-0.05, 0) is 13.3 Å². The third-order valence-electron chi connectivity index (χ3n) is 4.17. The second kappa shape index (κ2) is 19.5. The molecule has 3 nitrogen and oxygen atoms in total. The minimum absolute atomic E-state index is 0.103. The Morgan fingerprint density at radius 2 is 1.09 bits per heavy atom. The first-order valence-electron chi connectivity index (χ1n) is 10.0. The molecule has 3 heteroatoms. The first kappa shape index (κ1) is 22.4. The van der Waals surface area contributed by atoms with E-state index in [2.05, 4.69) is 6.92 Å². The first-order chi connectivity index (χ1) is 11.3. The molecule has 0 aliphatic heterocycles. The molecule has 0 fully saturated rings. The van der Waals surface area contributed by atoms with Crippen LogP contribution in [0.2, 0.25) is 0 Å². The molecule has 0 atom stereocenters. The fourth-order valence-corrected chi connectivity index (χ4v) is 2.76. The molecule has 0 saturated heterocycles. The molecule has 0 amide bonds. The van der Waals surface area contributed by atoms with Gasteiger partial charge in [0.05, 0.1) is 6.61 Å². The Balaban J connectivity index is 3.01. The molecule has 0 unspecified atom stereocenters. The molecule has 0 N–H and O–H groups in total. The van der Waals surface area contributed by atoms with Crippen molar-refractivity contribution >= 4 is 5.97 Å². The summed E-state index contributed by atoms with van der Waals surface area (Å²) in [6.07, 6.45) is 19.0. The van der Waals surface area contributed by atoms with E-state index in [9.17, 15) is 4.79 Å². The van der Waals surface area contributed by atoms with E-state index in [-0.39, 0.29) is 12.6 Å².